The van der Waals surface area contributed by atoms with Gasteiger partial charge in [0.05, 0.1) is 6.04 Å². The maximum Gasteiger partial charge on any atom is 0.251 e. The number of rotatable bonds is 2. The first kappa shape index (κ1) is 14.5. The largest absolute Gasteiger partial charge is 0.508 e. The molecule has 0 radical (unpaired) electrons. The molecule has 2 atom stereocenters. The number of hydrogen-bond donors (Lipinski definition) is 2. The van der Waals surface area contributed by atoms with Crippen molar-refractivity contribution in [2.24, 2.45) is 0 Å². The number of carbonyl (C=O) groups is 1. The lowest BCUT2D eigenvalue weighted by atomic mass is 9.93. The van der Waals surface area contributed by atoms with Gasteiger partial charge in [-0.15, -0.1) is 0 Å². The fraction of sp³-hybridized carbons (Fsp3) is 0.412. The summed E-state index contributed by atoms with van der Waals surface area (Å²) in [7, 11) is 0. The van der Waals surface area contributed by atoms with Crippen LogP contribution < -0.4 is 0 Å². The molecule has 2 aliphatic heterocycles. The summed E-state index contributed by atoms with van der Waals surface area (Å²) in [6.45, 7) is 4.80. The molecule has 2 aliphatic rings. The monoisotopic (exact) mass is 329 g/mol. The summed E-state index contributed by atoms with van der Waals surface area (Å²) >= 11 is 5.57. The second-order valence-electron chi connectivity index (χ2n) is 6.32. The zero-order valence-electron chi connectivity index (χ0n) is 13.2. The van der Waals surface area contributed by atoms with E-state index in [0.29, 0.717) is 18.1 Å². The highest BCUT2D eigenvalue weighted by Gasteiger charge is 2.48. The highest BCUT2D eigenvalue weighted by molar-refractivity contribution is 7.80. The number of thiocarbonyl (C=S) groups is 1. The highest BCUT2D eigenvalue weighted by Crippen LogP contribution is 2.41. The van der Waals surface area contributed by atoms with Crippen molar-refractivity contribution in [2.75, 3.05) is 6.54 Å². The number of aromatic amines is 1. The summed E-state index contributed by atoms with van der Waals surface area (Å²) in [6.07, 6.45) is 1.52. The molecule has 120 valence electrons. The van der Waals surface area contributed by atoms with Crippen molar-refractivity contribution in [3.05, 3.63) is 29.5 Å². The van der Waals surface area contributed by atoms with Gasteiger partial charge in [0.2, 0.25) is 0 Å². The number of phenols is 1. The smallest absolute Gasteiger partial charge is 0.251 e. The van der Waals surface area contributed by atoms with Crippen molar-refractivity contribution in [1.29, 1.82) is 0 Å². The molecule has 0 bridgehead atoms. The van der Waals surface area contributed by atoms with Gasteiger partial charge < -0.3 is 15.0 Å². The van der Waals surface area contributed by atoms with E-state index < -0.39 is 0 Å². The molecule has 0 spiro atoms. The molecule has 2 aromatic rings. The van der Waals surface area contributed by atoms with E-state index in [1.165, 1.54) is 0 Å². The molecule has 0 saturated carbocycles. The standard InChI is InChI=1S/C17H19N3O2S/c1-3-6-19-16(22)14-8-12-11-7-10(21)4-5-13(11)18-15(12)9(2)20(14)17(19)23/h4-5,7,9,14,18,21H,3,6,8H2,1-2H3/t9-,14+/m0/s1. The number of fused-ring (bicyclic) bond motifs is 4. The average molecular weight is 329 g/mol. The summed E-state index contributed by atoms with van der Waals surface area (Å²) in [5.74, 6) is 0.346. The Hall–Kier alpha value is -2.08. The van der Waals surface area contributed by atoms with Crippen molar-refractivity contribution < 1.29 is 9.90 Å². The molecule has 3 heterocycles. The molecular weight excluding hydrogens is 310 g/mol. The van der Waals surface area contributed by atoms with E-state index in [1.807, 2.05) is 6.07 Å². The number of benzene rings is 1. The van der Waals surface area contributed by atoms with E-state index in [2.05, 4.69) is 23.7 Å². The summed E-state index contributed by atoms with van der Waals surface area (Å²) in [4.78, 5) is 20.0. The van der Waals surface area contributed by atoms with E-state index in [-0.39, 0.29) is 23.7 Å². The minimum absolute atomic E-state index is 0.0246. The molecule has 4 rings (SSSR count). The molecule has 1 saturated heterocycles. The SMILES string of the molecule is CCCN1C(=O)[C@H]2Cc3c([nH]c4ccc(O)cc34)[C@H](C)N2C1=S. The van der Waals surface area contributed by atoms with Crippen molar-refractivity contribution in [2.45, 2.75) is 38.8 Å². The van der Waals surface area contributed by atoms with Crippen LogP contribution in [0.4, 0.5) is 0 Å². The Morgan fingerprint density at radius 2 is 2.22 bits per heavy atom. The molecule has 23 heavy (non-hydrogen) atoms. The molecule has 1 amide bonds. The molecule has 1 aromatic carbocycles. The molecule has 1 fully saturated rings. The third-order valence-electron chi connectivity index (χ3n) is 4.94. The minimum Gasteiger partial charge on any atom is -0.508 e. The maximum absolute atomic E-state index is 12.8. The first-order valence-corrected chi connectivity index (χ1v) is 8.41. The van der Waals surface area contributed by atoms with Gasteiger partial charge in [-0.05, 0) is 49.3 Å². The molecule has 1 aromatic heterocycles. The van der Waals surface area contributed by atoms with Crippen LogP contribution in [0.5, 0.6) is 5.75 Å². The van der Waals surface area contributed by atoms with Crippen molar-refractivity contribution in [3.63, 3.8) is 0 Å². The Bertz CT molecular complexity index is 829. The van der Waals surface area contributed by atoms with Crippen LogP contribution in [0.1, 0.15) is 37.6 Å². The number of aromatic nitrogens is 1. The first-order valence-electron chi connectivity index (χ1n) is 8.00. The second-order valence-corrected chi connectivity index (χ2v) is 6.69. The number of amides is 1. The third-order valence-corrected chi connectivity index (χ3v) is 5.37. The number of H-pyrrole nitrogens is 1. The van der Waals surface area contributed by atoms with E-state index in [0.717, 1.165) is 28.6 Å². The van der Waals surface area contributed by atoms with Gasteiger partial charge in [0.15, 0.2) is 5.11 Å². The fourth-order valence-corrected chi connectivity index (χ4v) is 4.35. The average Bonchev–Trinajstić information content (AvgIpc) is 3.00. The quantitative estimate of drug-likeness (QED) is 0.832. The molecular formula is C17H19N3O2S. The zero-order valence-corrected chi connectivity index (χ0v) is 14.0. The fourth-order valence-electron chi connectivity index (χ4n) is 3.88. The normalized spacial score (nSPS) is 23.6. The number of nitrogens with zero attached hydrogens (tertiary/aromatic N) is 2. The predicted molar refractivity (Wildman–Crippen MR) is 92.3 cm³/mol. The third kappa shape index (κ3) is 1.91. The Kier molecular flexibility index (Phi) is 3.13. The Balaban J connectivity index is 1.83. The van der Waals surface area contributed by atoms with Crippen LogP contribution in [0, 0.1) is 0 Å². The van der Waals surface area contributed by atoms with Gasteiger partial charge in [-0.1, -0.05) is 6.92 Å². The van der Waals surface area contributed by atoms with Gasteiger partial charge in [0.1, 0.15) is 11.8 Å². The highest BCUT2D eigenvalue weighted by atomic mass is 32.1. The van der Waals surface area contributed by atoms with Crippen molar-refractivity contribution in [1.82, 2.24) is 14.8 Å². The second kappa shape index (κ2) is 4.96. The number of aromatic hydroxyl groups is 1. The van der Waals surface area contributed by atoms with Crippen LogP contribution in [-0.2, 0) is 11.2 Å². The van der Waals surface area contributed by atoms with Crippen molar-refractivity contribution >= 4 is 34.1 Å². The van der Waals surface area contributed by atoms with Crippen LogP contribution in [0.15, 0.2) is 18.2 Å². The number of nitrogens with one attached hydrogen (secondary N) is 1. The molecule has 2 N–H and O–H groups in total. The predicted octanol–water partition coefficient (Wildman–Crippen LogP) is 2.70. The molecule has 5 nitrogen and oxygen atoms in total. The van der Waals surface area contributed by atoms with E-state index in [4.69, 9.17) is 12.2 Å². The van der Waals surface area contributed by atoms with Gasteiger partial charge >= 0.3 is 0 Å². The first-order chi connectivity index (χ1) is 11.0. The van der Waals surface area contributed by atoms with Crippen LogP contribution in [0.3, 0.4) is 0 Å². The summed E-state index contributed by atoms with van der Waals surface area (Å²) in [5, 5.41) is 11.4. The van der Waals surface area contributed by atoms with Crippen LogP contribution >= 0.6 is 12.2 Å². The van der Waals surface area contributed by atoms with Gasteiger partial charge in [-0.3, -0.25) is 9.69 Å². The molecule has 0 unspecified atom stereocenters. The lowest BCUT2D eigenvalue weighted by Gasteiger charge is -2.35. The summed E-state index contributed by atoms with van der Waals surface area (Å²) < 4.78 is 0. The lowest BCUT2D eigenvalue weighted by Crippen LogP contribution is -2.42. The van der Waals surface area contributed by atoms with Crippen LogP contribution in [0.2, 0.25) is 0 Å². The Morgan fingerprint density at radius 1 is 1.43 bits per heavy atom. The van der Waals surface area contributed by atoms with Crippen molar-refractivity contribution in [3.8, 4) is 5.75 Å². The maximum atomic E-state index is 12.8. The number of carbonyl (C=O) groups excluding carboxylic acids is 1. The lowest BCUT2D eigenvalue weighted by molar-refractivity contribution is -0.128. The van der Waals surface area contributed by atoms with E-state index in [1.54, 1.807) is 17.0 Å². The van der Waals surface area contributed by atoms with Gasteiger partial charge in [-0.2, -0.15) is 0 Å². The van der Waals surface area contributed by atoms with E-state index >= 15 is 0 Å². The van der Waals surface area contributed by atoms with Crippen LogP contribution in [-0.4, -0.2) is 43.5 Å². The number of phenolic OH excluding ortho intramolecular Hbond substituents is 1. The molecule has 0 aliphatic carbocycles. The van der Waals surface area contributed by atoms with Gasteiger partial charge in [-0.25, -0.2) is 0 Å². The molecule has 6 heteroatoms. The van der Waals surface area contributed by atoms with E-state index in [9.17, 15) is 9.90 Å². The van der Waals surface area contributed by atoms with Gasteiger partial charge in [0, 0.05) is 29.6 Å². The minimum atomic E-state index is -0.224. The summed E-state index contributed by atoms with van der Waals surface area (Å²) in [5.41, 5.74) is 3.21. The zero-order chi connectivity index (χ0) is 16.3. The topological polar surface area (TPSA) is 59.6 Å². The van der Waals surface area contributed by atoms with Crippen LogP contribution in [0.25, 0.3) is 10.9 Å². The summed E-state index contributed by atoms with van der Waals surface area (Å²) in [6, 6.07) is 5.13. The van der Waals surface area contributed by atoms with Gasteiger partial charge in [0.25, 0.3) is 5.91 Å². The Morgan fingerprint density at radius 3 is 2.96 bits per heavy atom. The number of hydrogen-bond acceptors (Lipinski definition) is 3. The Labute approximate surface area is 139 Å².